The van der Waals surface area contributed by atoms with Crippen LogP contribution in [0.5, 0.6) is 0 Å². The van der Waals surface area contributed by atoms with Crippen LogP contribution in [-0.2, 0) is 4.57 Å². The Labute approximate surface area is 168 Å². The second-order valence-corrected chi connectivity index (χ2v) is 8.95. The molecule has 0 saturated carbocycles. The van der Waals surface area contributed by atoms with Crippen molar-refractivity contribution in [3.63, 3.8) is 0 Å². The van der Waals surface area contributed by atoms with Crippen LogP contribution in [0.2, 0.25) is 0 Å². The van der Waals surface area contributed by atoms with E-state index in [0.29, 0.717) is 0 Å². The van der Waals surface area contributed by atoms with Crippen LogP contribution in [0.15, 0.2) is 54.6 Å². The Morgan fingerprint density at radius 2 is 1.39 bits per heavy atom. The molecule has 3 rings (SSSR count). The van der Waals surface area contributed by atoms with Crippen LogP contribution < -0.4 is 5.32 Å². The number of nitrogens with one attached hydrogen (secondary N) is 1. The highest BCUT2D eigenvalue weighted by molar-refractivity contribution is 7.50. The van der Waals surface area contributed by atoms with E-state index in [2.05, 4.69) is 73.8 Å². The molecule has 5 heteroatoms. The van der Waals surface area contributed by atoms with Crippen LogP contribution in [0.25, 0.3) is 21.5 Å². The molecular weight excluding hydrogens is 369 g/mol. The van der Waals surface area contributed by atoms with Gasteiger partial charge in [0.15, 0.2) is 0 Å². The van der Waals surface area contributed by atoms with Gasteiger partial charge in [0.25, 0.3) is 0 Å². The molecule has 3 N–H and O–H groups in total. The molecule has 0 radical (unpaired) electrons. The molecule has 3 aromatic carbocycles. The van der Waals surface area contributed by atoms with Crippen molar-refractivity contribution in [2.75, 3.05) is 18.5 Å². The third-order valence-corrected chi connectivity index (χ3v) is 5.02. The summed E-state index contributed by atoms with van der Waals surface area (Å²) in [5, 5.41) is 9.02. The molecule has 152 valence electrons. The molecule has 0 fully saturated rings. The molecule has 0 saturated heterocycles. The van der Waals surface area contributed by atoms with Crippen molar-refractivity contribution in [2.45, 2.75) is 39.5 Å². The van der Waals surface area contributed by atoms with Gasteiger partial charge in [-0.25, -0.2) is 0 Å². The van der Waals surface area contributed by atoms with E-state index in [9.17, 15) is 4.57 Å². The monoisotopic (exact) mass is 401 g/mol. The standard InChI is InChI=1S/C22H27N.CH5O3P/c1-3-17(4-2)10-9-15-23-22-20-13-7-5-11-18(20)16-19-12-6-8-14-21(19)22;1-5(2,3)4/h5-8,11-14,16-17,23H,3-4,9-10,15H2,1-2H3;1H3,(H2,2,3,4). The Morgan fingerprint density at radius 3 is 1.86 bits per heavy atom. The molecular formula is C23H32NO3P. The van der Waals surface area contributed by atoms with Crippen LogP contribution in [-0.4, -0.2) is 23.0 Å². The number of anilines is 1. The van der Waals surface area contributed by atoms with Crippen molar-refractivity contribution < 1.29 is 14.4 Å². The minimum atomic E-state index is -3.64. The third kappa shape index (κ3) is 6.94. The maximum Gasteiger partial charge on any atom is 0.322 e. The average molecular weight is 401 g/mol. The summed E-state index contributed by atoms with van der Waals surface area (Å²) in [6.45, 7) is 6.51. The lowest BCUT2D eigenvalue weighted by Crippen LogP contribution is -2.06. The fourth-order valence-electron chi connectivity index (χ4n) is 3.51. The molecule has 4 nitrogen and oxygen atoms in total. The first-order chi connectivity index (χ1) is 13.3. The zero-order valence-corrected chi connectivity index (χ0v) is 18.0. The summed E-state index contributed by atoms with van der Waals surface area (Å²) in [6, 6.07) is 19.7. The molecule has 0 aliphatic rings. The van der Waals surface area contributed by atoms with Gasteiger partial charge >= 0.3 is 7.60 Å². The molecule has 0 spiro atoms. The van der Waals surface area contributed by atoms with Crippen molar-refractivity contribution in [2.24, 2.45) is 5.92 Å². The number of rotatable bonds is 7. The van der Waals surface area contributed by atoms with Crippen molar-refractivity contribution in [3.8, 4) is 0 Å². The van der Waals surface area contributed by atoms with Crippen LogP contribution in [0.4, 0.5) is 5.69 Å². The quantitative estimate of drug-likeness (QED) is 0.243. The summed E-state index contributed by atoms with van der Waals surface area (Å²) in [5.74, 6) is 0.876. The Balaban J connectivity index is 0.000000500. The van der Waals surface area contributed by atoms with E-state index < -0.39 is 7.60 Å². The smallest absolute Gasteiger partial charge is 0.322 e. The van der Waals surface area contributed by atoms with Gasteiger partial charge in [0.1, 0.15) is 0 Å². The second kappa shape index (κ2) is 10.6. The maximum absolute atomic E-state index is 9.33. The molecule has 28 heavy (non-hydrogen) atoms. The zero-order chi connectivity index (χ0) is 20.6. The summed E-state index contributed by atoms with van der Waals surface area (Å²) in [4.78, 5) is 15.3. The number of hydrogen-bond acceptors (Lipinski definition) is 2. The highest BCUT2D eigenvalue weighted by Crippen LogP contribution is 2.32. The Kier molecular flexibility index (Phi) is 8.50. The SMILES string of the molecule is CCC(CC)CCCNc1c2ccccc2cc2ccccc12.CP(=O)(O)O. The predicted octanol–water partition coefficient (Wildman–Crippen LogP) is 6.42. The number of benzene rings is 3. The second-order valence-electron chi connectivity index (χ2n) is 7.28. The van der Waals surface area contributed by atoms with E-state index in [-0.39, 0.29) is 0 Å². The van der Waals surface area contributed by atoms with E-state index in [1.54, 1.807) is 0 Å². The van der Waals surface area contributed by atoms with Crippen LogP contribution in [0.3, 0.4) is 0 Å². The Bertz CT molecular complexity index is 869. The molecule has 0 atom stereocenters. The normalized spacial score (nSPS) is 11.5. The molecule has 0 bridgehead atoms. The molecule has 0 heterocycles. The van der Waals surface area contributed by atoms with Gasteiger partial charge in [-0.05, 0) is 35.6 Å². The average Bonchev–Trinajstić information content (AvgIpc) is 2.66. The lowest BCUT2D eigenvalue weighted by molar-refractivity contribution is 0.381. The molecule has 0 aliphatic heterocycles. The molecule has 0 aromatic heterocycles. The van der Waals surface area contributed by atoms with Crippen LogP contribution >= 0.6 is 7.60 Å². The highest BCUT2D eigenvalue weighted by atomic mass is 31.2. The van der Waals surface area contributed by atoms with Gasteiger partial charge in [0, 0.05) is 29.7 Å². The Morgan fingerprint density at radius 1 is 0.929 bits per heavy atom. The van der Waals surface area contributed by atoms with E-state index >= 15 is 0 Å². The molecule has 3 aromatic rings. The van der Waals surface area contributed by atoms with Crippen LogP contribution in [0.1, 0.15) is 39.5 Å². The fraction of sp³-hybridized carbons (Fsp3) is 0.391. The maximum atomic E-state index is 9.33. The minimum absolute atomic E-state index is 0.854. The Hall–Kier alpha value is -1.87. The summed E-state index contributed by atoms with van der Waals surface area (Å²) in [7, 11) is -3.64. The topological polar surface area (TPSA) is 69.6 Å². The first kappa shape index (κ1) is 22.4. The van der Waals surface area contributed by atoms with Crippen LogP contribution in [0, 0.1) is 5.92 Å². The van der Waals surface area contributed by atoms with Crippen molar-refractivity contribution in [1.29, 1.82) is 0 Å². The van der Waals surface area contributed by atoms with Gasteiger partial charge in [0.05, 0.1) is 0 Å². The number of hydrogen-bond donors (Lipinski definition) is 3. The first-order valence-corrected chi connectivity index (χ1v) is 12.1. The minimum Gasteiger partial charge on any atom is -0.384 e. The van der Waals surface area contributed by atoms with Crippen molar-refractivity contribution >= 4 is 34.8 Å². The molecule has 0 amide bonds. The highest BCUT2D eigenvalue weighted by Gasteiger charge is 2.07. The summed E-state index contributed by atoms with van der Waals surface area (Å²) in [6.07, 6.45) is 5.16. The zero-order valence-electron chi connectivity index (χ0n) is 17.1. The predicted molar refractivity (Wildman–Crippen MR) is 121 cm³/mol. The van der Waals surface area contributed by atoms with Gasteiger partial charge in [-0.2, -0.15) is 0 Å². The third-order valence-electron chi connectivity index (χ3n) is 5.02. The first-order valence-electron chi connectivity index (χ1n) is 10.0. The summed E-state index contributed by atoms with van der Waals surface area (Å²) >= 11 is 0. The summed E-state index contributed by atoms with van der Waals surface area (Å²) < 4.78 is 9.33. The van der Waals surface area contributed by atoms with Gasteiger partial charge in [0.2, 0.25) is 0 Å². The molecule has 0 aliphatic carbocycles. The van der Waals surface area contributed by atoms with Gasteiger partial charge in [-0.15, -0.1) is 0 Å². The molecule has 0 unspecified atom stereocenters. The number of fused-ring (bicyclic) bond motifs is 2. The van der Waals surface area contributed by atoms with E-state index in [0.717, 1.165) is 19.1 Å². The lowest BCUT2D eigenvalue weighted by atomic mass is 9.97. The van der Waals surface area contributed by atoms with E-state index in [1.807, 2.05) is 0 Å². The largest absolute Gasteiger partial charge is 0.384 e. The fourth-order valence-corrected chi connectivity index (χ4v) is 3.51. The van der Waals surface area contributed by atoms with Crippen molar-refractivity contribution in [1.82, 2.24) is 0 Å². The van der Waals surface area contributed by atoms with Gasteiger partial charge < -0.3 is 15.1 Å². The van der Waals surface area contributed by atoms with E-state index in [1.165, 1.54) is 52.9 Å². The van der Waals surface area contributed by atoms with E-state index in [4.69, 9.17) is 9.79 Å². The van der Waals surface area contributed by atoms with Gasteiger partial charge in [-0.1, -0.05) is 75.2 Å². The van der Waals surface area contributed by atoms with Gasteiger partial charge in [-0.3, -0.25) is 4.57 Å². The van der Waals surface area contributed by atoms with Crippen molar-refractivity contribution in [3.05, 3.63) is 54.6 Å². The summed E-state index contributed by atoms with van der Waals surface area (Å²) in [5.41, 5.74) is 1.29. The lowest BCUT2D eigenvalue weighted by Gasteiger charge is -2.15.